The van der Waals surface area contributed by atoms with Gasteiger partial charge in [-0.15, -0.1) is 0 Å². The molecule has 0 radical (unpaired) electrons. The summed E-state index contributed by atoms with van der Waals surface area (Å²) in [4.78, 5) is 26.2. The summed E-state index contributed by atoms with van der Waals surface area (Å²) in [6, 6.07) is 1.66. The second kappa shape index (κ2) is 5.48. The Morgan fingerprint density at radius 1 is 1.53 bits per heavy atom. The van der Waals surface area contributed by atoms with Crippen molar-refractivity contribution in [1.29, 1.82) is 0 Å². The quantitative estimate of drug-likeness (QED) is 0.841. The van der Waals surface area contributed by atoms with Crippen LogP contribution in [0.25, 0.3) is 0 Å². The van der Waals surface area contributed by atoms with Crippen LogP contribution in [0.2, 0.25) is 0 Å². The number of carbonyl (C=O) groups is 2. The third-order valence-electron chi connectivity index (χ3n) is 4.01. The van der Waals surface area contributed by atoms with E-state index in [1.807, 2.05) is 0 Å². The zero-order valence-electron chi connectivity index (χ0n) is 10.8. The number of nitrogens with zero attached hydrogens (tertiary/aromatic N) is 1. The Labute approximate surface area is 111 Å². The zero-order valence-corrected chi connectivity index (χ0v) is 10.8. The molecule has 5 nitrogen and oxygen atoms in total. The molecule has 1 aliphatic carbocycles. The first kappa shape index (κ1) is 13.7. The van der Waals surface area contributed by atoms with Gasteiger partial charge in [0.2, 0.25) is 0 Å². The van der Waals surface area contributed by atoms with Crippen LogP contribution in [0.3, 0.4) is 0 Å². The summed E-state index contributed by atoms with van der Waals surface area (Å²) < 4.78 is 5.64. The van der Waals surface area contributed by atoms with Crippen LogP contribution in [0.15, 0.2) is 18.5 Å². The van der Waals surface area contributed by atoms with Crippen molar-refractivity contribution in [3.63, 3.8) is 0 Å². The van der Waals surface area contributed by atoms with E-state index in [9.17, 15) is 9.59 Å². The first-order valence-electron chi connectivity index (χ1n) is 6.30. The third-order valence-corrected chi connectivity index (χ3v) is 4.01. The Bertz CT molecular complexity index is 478. The molecule has 19 heavy (non-hydrogen) atoms. The summed E-state index contributed by atoms with van der Waals surface area (Å²) >= 11 is 0. The van der Waals surface area contributed by atoms with E-state index in [0.717, 1.165) is 11.8 Å². The summed E-state index contributed by atoms with van der Waals surface area (Å²) in [5.74, 6) is -1.08. The van der Waals surface area contributed by atoms with Gasteiger partial charge in [-0.25, -0.2) is 0 Å². The molecular formula is C14H17NO4. The molecule has 1 fully saturated rings. The normalized spacial score (nSPS) is 26.9. The molecule has 0 aromatic carbocycles. The van der Waals surface area contributed by atoms with Crippen LogP contribution >= 0.6 is 0 Å². The molecule has 1 saturated carbocycles. The van der Waals surface area contributed by atoms with Crippen LogP contribution in [0, 0.1) is 5.92 Å². The van der Waals surface area contributed by atoms with E-state index >= 15 is 0 Å². The van der Waals surface area contributed by atoms with E-state index in [0.29, 0.717) is 31.2 Å². The Kier molecular flexibility index (Phi) is 3.95. The Balaban J connectivity index is 2.30. The van der Waals surface area contributed by atoms with Gasteiger partial charge in [0.15, 0.2) is 6.29 Å². The molecule has 0 atom stereocenters. The van der Waals surface area contributed by atoms with Crippen LogP contribution in [-0.2, 0) is 15.1 Å². The zero-order chi connectivity index (χ0) is 13.9. The lowest BCUT2D eigenvalue weighted by Crippen LogP contribution is -2.36. The molecule has 0 unspecified atom stereocenters. The van der Waals surface area contributed by atoms with Gasteiger partial charge in [0.25, 0.3) is 0 Å². The molecule has 0 aliphatic heterocycles. The molecular weight excluding hydrogens is 246 g/mol. The van der Waals surface area contributed by atoms with Crippen molar-refractivity contribution < 1.29 is 19.4 Å². The fourth-order valence-corrected chi connectivity index (χ4v) is 2.80. The number of aldehydes is 1. The summed E-state index contributed by atoms with van der Waals surface area (Å²) in [7, 11) is 1.60. The van der Waals surface area contributed by atoms with Gasteiger partial charge in [0.1, 0.15) is 0 Å². The SMILES string of the molecule is COC1(c2cnccc2C=O)CCC(C(=O)O)CC1. The van der Waals surface area contributed by atoms with Gasteiger partial charge in [-0.1, -0.05) is 0 Å². The Hall–Kier alpha value is -1.75. The predicted molar refractivity (Wildman–Crippen MR) is 67.9 cm³/mol. The van der Waals surface area contributed by atoms with E-state index in [1.165, 1.54) is 0 Å². The Morgan fingerprint density at radius 2 is 2.21 bits per heavy atom. The van der Waals surface area contributed by atoms with Crippen LogP contribution < -0.4 is 0 Å². The first-order chi connectivity index (χ1) is 9.13. The Morgan fingerprint density at radius 3 is 2.74 bits per heavy atom. The topological polar surface area (TPSA) is 76.5 Å². The fourth-order valence-electron chi connectivity index (χ4n) is 2.80. The van der Waals surface area contributed by atoms with Crippen molar-refractivity contribution in [2.24, 2.45) is 5.92 Å². The largest absolute Gasteiger partial charge is 0.481 e. The molecule has 1 heterocycles. The standard InChI is InChI=1S/C14H17NO4/c1-19-14(5-2-10(3-6-14)13(17)18)12-8-15-7-4-11(12)9-16/h4,7-10H,2-3,5-6H2,1H3,(H,17,18). The van der Waals surface area contributed by atoms with Crippen LogP contribution in [0.4, 0.5) is 0 Å². The maximum atomic E-state index is 11.1. The van der Waals surface area contributed by atoms with Crippen LogP contribution in [0.5, 0.6) is 0 Å². The smallest absolute Gasteiger partial charge is 0.306 e. The second-order valence-electron chi connectivity index (χ2n) is 4.89. The van der Waals surface area contributed by atoms with E-state index in [4.69, 9.17) is 9.84 Å². The molecule has 0 bridgehead atoms. The van der Waals surface area contributed by atoms with Gasteiger partial charge in [-0.3, -0.25) is 14.6 Å². The monoisotopic (exact) mass is 263 g/mol. The van der Waals surface area contributed by atoms with Gasteiger partial charge >= 0.3 is 5.97 Å². The molecule has 102 valence electrons. The molecule has 0 amide bonds. The van der Waals surface area contributed by atoms with Crippen LogP contribution in [0.1, 0.15) is 41.6 Å². The summed E-state index contributed by atoms with van der Waals surface area (Å²) in [6.45, 7) is 0. The average Bonchev–Trinajstić information content (AvgIpc) is 2.47. The molecule has 2 rings (SSSR count). The van der Waals surface area contributed by atoms with Gasteiger partial charge in [-0.2, -0.15) is 0 Å². The highest BCUT2D eigenvalue weighted by Gasteiger charge is 2.40. The molecule has 5 heteroatoms. The van der Waals surface area contributed by atoms with Crippen molar-refractivity contribution >= 4 is 12.3 Å². The van der Waals surface area contributed by atoms with Crippen molar-refractivity contribution in [3.8, 4) is 0 Å². The molecule has 1 N–H and O–H groups in total. The lowest BCUT2D eigenvalue weighted by molar-refractivity contribution is -0.145. The molecule has 1 aliphatic rings. The minimum atomic E-state index is -0.758. The highest BCUT2D eigenvalue weighted by atomic mass is 16.5. The van der Waals surface area contributed by atoms with Crippen molar-refractivity contribution in [3.05, 3.63) is 29.6 Å². The van der Waals surface area contributed by atoms with Gasteiger partial charge in [-0.05, 0) is 31.7 Å². The fraction of sp³-hybridized carbons (Fsp3) is 0.500. The number of carboxylic acids is 1. The van der Waals surface area contributed by atoms with Gasteiger partial charge in [0, 0.05) is 30.6 Å². The maximum Gasteiger partial charge on any atom is 0.306 e. The van der Waals surface area contributed by atoms with E-state index in [1.54, 1.807) is 25.6 Å². The van der Waals surface area contributed by atoms with Gasteiger partial charge in [0.05, 0.1) is 11.5 Å². The van der Waals surface area contributed by atoms with Crippen molar-refractivity contribution in [2.75, 3.05) is 7.11 Å². The number of pyridine rings is 1. The number of ether oxygens (including phenoxy) is 1. The molecule has 0 saturated heterocycles. The second-order valence-corrected chi connectivity index (χ2v) is 4.89. The minimum Gasteiger partial charge on any atom is -0.481 e. The van der Waals surface area contributed by atoms with E-state index < -0.39 is 11.6 Å². The lowest BCUT2D eigenvalue weighted by atomic mass is 9.74. The lowest BCUT2D eigenvalue weighted by Gasteiger charge is -2.38. The number of aromatic nitrogens is 1. The van der Waals surface area contributed by atoms with E-state index in [2.05, 4.69) is 4.98 Å². The molecule has 1 aromatic heterocycles. The predicted octanol–water partition coefficient (Wildman–Crippen LogP) is 2.01. The van der Waals surface area contributed by atoms with Crippen molar-refractivity contribution in [2.45, 2.75) is 31.3 Å². The number of carbonyl (C=O) groups excluding carboxylic acids is 1. The van der Waals surface area contributed by atoms with Crippen LogP contribution in [-0.4, -0.2) is 29.5 Å². The highest BCUT2D eigenvalue weighted by Crippen LogP contribution is 2.42. The first-order valence-corrected chi connectivity index (χ1v) is 6.30. The summed E-state index contributed by atoms with van der Waals surface area (Å²) in [5.41, 5.74) is 0.734. The maximum absolute atomic E-state index is 11.1. The number of rotatable bonds is 4. The number of hydrogen-bond acceptors (Lipinski definition) is 4. The molecule has 1 aromatic rings. The van der Waals surface area contributed by atoms with Crippen molar-refractivity contribution in [1.82, 2.24) is 4.98 Å². The minimum absolute atomic E-state index is 0.320. The number of carboxylic acid groups (broad SMARTS) is 1. The average molecular weight is 263 g/mol. The van der Waals surface area contributed by atoms with Gasteiger partial charge < -0.3 is 9.84 Å². The summed E-state index contributed by atoms with van der Waals surface area (Å²) in [6.07, 6.45) is 6.29. The summed E-state index contributed by atoms with van der Waals surface area (Å²) in [5, 5.41) is 9.04. The van der Waals surface area contributed by atoms with E-state index in [-0.39, 0.29) is 5.92 Å². The third kappa shape index (κ3) is 2.51. The number of aliphatic carboxylic acids is 1. The highest BCUT2D eigenvalue weighted by molar-refractivity contribution is 5.77. The number of methoxy groups -OCH3 is 1. The molecule has 0 spiro atoms. The number of hydrogen-bond donors (Lipinski definition) is 1.